The Balaban J connectivity index is 1.25. The average Bonchev–Trinajstić information content (AvgIpc) is 3.37. The minimum atomic E-state index is 0.592. The van der Waals surface area contributed by atoms with Crippen LogP contribution in [-0.2, 0) is 0 Å². The number of anilines is 3. The van der Waals surface area contributed by atoms with E-state index in [9.17, 15) is 0 Å². The van der Waals surface area contributed by atoms with Gasteiger partial charge in [-0.1, -0.05) is 84.9 Å². The Morgan fingerprint density at radius 3 is 1.75 bits per heavy atom. The fourth-order valence-electron chi connectivity index (χ4n) is 4.33. The van der Waals surface area contributed by atoms with E-state index in [1.165, 1.54) is 5.56 Å². The smallest absolute Gasteiger partial charge is 0.220 e. The molecule has 36 heavy (non-hydrogen) atoms. The first-order chi connectivity index (χ1) is 17.8. The molecule has 1 aromatic heterocycles. The van der Waals surface area contributed by atoms with Crippen molar-refractivity contribution < 1.29 is 4.42 Å². The van der Waals surface area contributed by atoms with Crippen LogP contribution in [0.3, 0.4) is 0 Å². The highest BCUT2D eigenvalue weighted by molar-refractivity contribution is 5.82. The van der Waals surface area contributed by atoms with Crippen LogP contribution in [0.25, 0.3) is 34.4 Å². The van der Waals surface area contributed by atoms with Gasteiger partial charge >= 0.3 is 0 Å². The Kier molecular flexibility index (Phi) is 5.87. The van der Waals surface area contributed by atoms with Crippen LogP contribution in [0.1, 0.15) is 11.5 Å². The Morgan fingerprint density at radius 2 is 1.11 bits per heavy atom. The first kappa shape index (κ1) is 21.6. The predicted molar refractivity (Wildman–Crippen MR) is 149 cm³/mol. The summed E-state index contributed by atoms with van der Waals surface area (Å²) in [5, 5.41) is 0. The molecule has 0 aliphatic carbocycles. The molecule has 1 heterocycles. The summed E-state index contributed by atoms with van der Waals surface area (Å²) in [6.07, 6.45) is 3.95. The van der Waals surface area contributed by atoms with E-state index >= 15 is 0 Å². The number of hydrogen-bond acceptors (Lipinski definition) is 3. The van der Waals surface area contributed by atoms with Gasteiger partial charge in [0.2, 0.25) is 5.89 Å². The van der Waals surface area contributed by atoms with Crippen LogP contribution in [0.2, 0.25) is 0 Å². The van der Waals surface area contributed by atoms with E-state index in [1.54, 1.807) is 0 Å². The molecule has 6 aromatic rings. The number of aromatic nitrogens is 1. The second kappa shape index (κ2) is 9.77. The van der Waals surface area contributed by atoms with E-state index in [0.29, 0.717) is 5.89 Å². The molecule has 0 saturated carbocycles. The van der Waals surface area contributed by atoms with E-state index in [0.717, 1.165) is 39.3 Å². The number of oxazole rings is 1. The van der Waals surface area contributed by atoms with Crippen molar-refractivity contribution in [2.45, 2.75) is 0 Å². The quantitative estimate of drug-likeness (QED) is 0.246. The molecule has 0 bridgehead atoms. The summed E-state index contributed by atoms with van der Waals surface area (Å²) in [7, 11) is 0. The lowest BCUT2D eigenvalue weighted by molar-refractivity contribution is 0.590. The summed E-state index contributed by atoms with van der Waals surface area (Å²) in [5.41, 5.74) is 8.34. The lowest BCUT2D eigenvalue weighted by Gasteiger charge is -2.25. The molecule has 3 heteroatoms. The molecule has 0 spiro atoms. The summed E-state index contributed by atoms with van der Waals surface area (Å²) >= 11 is 0. The molecule has 0 aliphatic rings. The third-order valence-corrected chi connectivity index (χ3v) is 6.11. The summed E-state index contributed by atoms with van der Waals surface area (Å²) < 4.78 is 5.95. The highest BCUT2D eigenvalue weighted by Crippen LogP contribution is 2.34. The lowest BCUT2D eigenvalue weighted by Crippen LogP contribution is -2.09. The Morgan fingerprint density at radius 1 is 0.528 bits per heavy atom. The summed E-state index contributed by atoms with van der Waals surface area (Å²) in [5.74, 6) is 0.592. The zero-order valence-electron chi connectivity index (χ0n) is 19.7. The number of rotatable bonds is 6. The van der Waals surface area contributed by atoms with E-state index < -0.39 is 0 Å². The third-order valence-electron chi connectivity index (χ3n) is 6.11. The molecule has 5 aromatic carbocycles. The van der Waals surface area contributed by atoms with Gasteiger partial charge in [-0.25, -0.2) is 4.98 Å². The van der Waals surface area contributed by atoms with Crippen molar-refractivity contribution in [3.05, 3.63) is 145 Å². The second-order valence-corrected chi connectivity index (χ2v) is 8.53. The molecule has 0 unspecified atom stereocenters. The van der Waals surface area contributed by atoms with Gasteiger partial charge in [0.1, 0.15) is 5.52 Å². The number of fused-ring (bicyclic) bond motifs is 1. The van der Waals surface area contributed by atoms with Gasteiger partial charge in [0.15, 0.2) is 5.58 Å². The molecular formula is C33H24N2O. The third kappa shape index (κ3) is 4.55. The van der Waals surface area contributed by atoms with Crippen LogP contribution >= 0.6 is 0 Å². The molecule has 3 nitrogen and oxygen atoms in total. The molecular weight excluding hydrogens is 440 g/mol. The number of para-hydroxylation sites is 2. The van der Waals surface area contributed by atoms with Crippen LogP contribution in [0, 0.1) is 0 Å². The molecule has 0 saturated heterocycles. The Bertz CT molecular complexity index is 1560. The molecule has 6 rings (SSSR count). The Labute approximate surface area is 210 Å². The van der Waals surface area contributed by atoms with Crippen molar-refractivity contribution in [1.29, 1.82) is 0 Å². The maximum absolute atomic E-state index is 5.95. The molecule has 0 radical (unpaired) electrons. The number of hydrogen-bond donors (Lipinski definition) is 0. The summed E-state index contributed by atoms with van der Waals surface area (Å²) in [4.78, 5) is 6.93. The van der Waals surface area contributed by atoms with E-state index in [2.05, 4.69) is 107 Å². The van der Waals surface area contributed by atoms with Gasteiger partial charge < -0.3 is 9.32 Å². The first-order valence-electron chi connectivity index (χ1n) is 12.0. The van der Waals surface area contributed by atoms with Gasteiger partial charge in [0, 0.05) is 23.1 Å². The SMILES string of the molecule is C(=C\c1nc2cc(-c3ccccc3)ccc2o1)/c1ccc(N(c2ccccc2)c2ccccc2)cc1. The van der Waals surface area contributed by atoms with Gasteiger partial charge in [0.25, 0.3) is 0 Å². The van der Waals surface area contributed by atoms with Gasteiger partial charge in [-0.15, -0.1) is 0 Å². The zero-order chi connectivity index (χ0) is 24.2. The van der Waals surface area contributed by atoms with Crippen LogP contribution in [0.5, 0.6) is 0 Å². The van der Waals surface area contributed by atoms with Gasteiger partial charge in [-0.3, -0.25) is 0 Å². The van der Waals surface area contributed by atoms with Crippen molar-refractivity contribution in [3.8, 4) is 11.1 Å². The Hall–Kier alpha value is -4.89. The number of benzene rings is 5. The van der Waals surface area contributed by atoms with Crippen LogP contribution in [0.15, 0.2) is 138 Å². The van der Waals surface area contributed by atoms with Crippen molar-refractivity contribution in [2.24, 2.45) is 0 Å². The molecule has 0 amide bonds. The van der Waals surface area contributed by atoms with E-state index in [4.69, 9.17) is 4.42 Å². The fourth-order valence-corrected chi connectivity index (χ4v) is 4.33. The topological polar surface area (TPSA) is 29.3 Å². The van der Waals surface area contributed by atoms with Gasteiger partial charge in [0.05, 0.1) is 0 Å². The van der Waals surface area contributed by atoms with Gasteiger partial charge in [-0.05, 0) is 71.3 Å². The first-order valence-corrected chi connectivity index (χ1v) is 12.0. The molecule has 0 fully saturated rings. The maximum Gasteiger partial charge on any atom is 0.220 e. The van der Waals surface area contributed by atoms with Crippen molar-refractivity contribution >= 4 is 40.3 Å². The minimum Gasteiger partial charge on any atom is -0.437 e. The van der Waals surface area contributed by atoms with E-state index in [-0.39, 0.29) is 0 Å². The van der Waals surface area contributed by atoms with Crippen molar-refractivity contribution in [2.75, 3.05) is 4.90 Å². The normalized spacial score (nSPS) is 11.2. The predicted octanol–water partition coefficient (Wildman–Crippen LogP) is 9.13. The lowest BCUT2D eigenvalue weighted by atomic mass is 10.1. The largest absolute Gasteiger partial charge is 0.437 e. The van der Waals surface area contributed by atoms with Crippen molar-refractivity contribution in [3.63, 3.8) is 0 Å². The van der Waals surface area contributed by atoms with Crippen LogP contribution < -0.4 is 4.90 Å². The minimum absolute atomic E-state index is 0.592. The molecule has 0 N–H and O–H groups in total. The summed E-state index contributed by atoms with van der Waals surface area (Å²) in [6, 6.07) is 45.7. The number of nitrogens with zero attached hydrogens (tertiary/aromatic N) is 2. The van der Waals surface area contributed by atoms with Crippen molar-refractivity contribution in [1.82, 2.24) is 4.98 Å². The average molecular weight is 465 g/mol. The fraction of sp³-hybridized carbons (Fsp3) is 0. The molecule has 172 valence electrons. The highest BCUT2D eigenvalue weighted by Gasteiger charge is 2.11. The zero-order valence-corrected chi connectivity index (χ0v) is 19.7. The van der Waals surface area contributed by atoms with Crippen LogP contribution in [0.4, 0.5) is 17.1 Å². The van der Waals surface area contributed by atoms with E-state index in [1.807, 2.05) is 48.6 Å². The van der Waals surface area contributed by atoms with Crippen LogP contribution in [-0.4, -0.2) is 4.98 Å². The summed E-state index contributed by atoms with van der Waals surface area (Å²) in [6.45, 7) is 0. The standard InChI is InChI=1S/C33H24N2O/c1-4-10-26(11-5-1)27-19-22-32-31(24-27)34-33(36-32)23-18-25-16-20-30(21-17-25)35(28-12-6-2-7-13-28)29-14-8-3-9-15-29/h1-24H/b23-18+. The second-order valence-electron chi connectivity index (χ2n) is 8.53. The maximum atomic E-state index is 5.95. The molecule has 0 atom stereocenters. The van der Waals surface area contributed by atoms with Gasteiger partial charge in [-0.2, -0.15) is 0 Å². The highest BCUT2D eigenvalue weighted by atomic mass is 16.3. The monoisotopic (exact) mass is 464 g/mol. The molecule has 0 aliphatic heterocycles.